The molecule has 0 saturated heterocycles. The van der Waals surface area contributed by atoms with E-state index in [4.69, 9.17) is 10.8 Å². The maximum atomic E-state index is 12.1. The van der Waals surface area contributed by atoms with Gasteiger partial charge in [0.25, 0.3) is 5.91 Å². The van der Waals surface area contributed by atoms with E-state index in [1.54, 1.807) is 12.1 Å². The highest BCUT2D eigenvalue weighted by molar-refractivity contribution is 5.92. The third-order valence-corrected chi connectivity index (χ3v) is 3.23. The number of aromatic nitrogens is 2. The van der Waals surface area contributed by atoms with Crippen LogP contribution in [-0.4, -0.2) is 33.2 Å². The zero-order valence-electron chi connectivity index (χ0n) is 11.1. The van der Waals surface area contributed by atoms with Crippen LogP contribution in [0.5, 0.6) is 0 Å². The molecule has 0 aliphatic carbocycles. The molecule has 0 unspecified atom stereocenters. The van der Waals surface area contributed by atoms with E-state index >= 15 is 0 Å². The summed E-state index contributed by atoms with van der Waals surface area (Å²) in [6, 6.07) is 2.06. The van der Waals surface area contributed by atoms with E-state index in [1.807, 2.05) is 13.8 Å². The van der Waals surface area contributed by atoms with Crippen LogP contribution in [0.4, 0.5) is 0 Å². The lowest BCUT2D eigenvalue weighted by atomic mass is 10.1. The van der Waals surface area contributed by atoms with Gasteiger partial charge in [0.1, 0.15) is 6.04 Å². The zero-order valence-corrected chi connectivity index (χ0v) is 11.1. The normalized spacial score (nSPS) is 12.6. The topological polar surface area (TPSA) is 118 Å². The van der Waals surface area contributed by atoms with Gasteiger partial charge in [-0.3, -0.25) is 14.4 Å². The molecular weight excluding hydrogens is 262 g/mol. The van der Waals surface area contributed by atoms with E-state index in [1.165, 1.54) is 0 Å². The van der Waals surface area contributed by atoms with Gasteiger partial charge < -0.3 is 15.8 Å². The Morgan fingerprint density at radius 2 is 1.95 bits per heavy atom. The second-order valence-electron chi connectivity index (χ2n) is 4.68. The Kier molecular flexibility index (Phi) is 3.56. The van der Waals surface area contributed by atoms with Crippen LogP contribution in [0.3, 0.4) is 0 Å². The van der Waals surface area contributed by atoms with Crippen LogP contribution in [0.15, 0.2) is 21.7 Å². The van der Waals surface area contributed by atoms with Crippen molar-refractivity contribution in [3.05, 3.63) is 44.0 Å². The number of benzene rings is 1. The summed E-state index contributed by atoms with van der Waals surface area (Å²) in [5.41, 5.74) is 5.97. The lowest BCUT2D eigenvalue weighted by molar-refractivity contribution is 0.0842. The Bertz CT molecular complexity index is 804. The van der Waals surface area contributed by atoms with Crippen LogP contribution in [0.2, 0.25) is 0 Å². The van der Waals surface area contributed by atoms with Crippen molar-refractivity contribution < 1.29 is 9.90 Å². The number of nitrogens with two attached hydrogens (primary N) is 1. The van der Waals surface area contributed by atoms with Crippen molar-refractivity contribution in [1.82, 2.24) is 9.55 Å². The number of fused-ring (bicyclic) bond motifs is 1. The summed E-state index contributed by atoms with van der Waals surface area (Å²) in [5, 5.41) is 8.95. The predicted molar refractivity (Wildman–Crippen MR) is 74.0 cm³/mol. The predicted octanol–water partition coefficient (Wildman–Crippen LogP) is -0.734. The third-order valence-electron chi connectivity index (χ3n) is 3.23. The standard InChI is InChI=1S/C13H15N3O4/c1-6-3-9-10(4-7(6)2)16(12(19)8(14)5-17)13(20)11(18)15-9/h3-4,8,17H,5,14H2,1-2H3,(H,15,18)/t8-/m0/s1. The molecule has 2 aromatic rings. The van der Waals surface area contributed by atoms with Gasteiger partial charge in [-0.05, 0) is 37.1 Å². The van der Waals surface area contributed by atoms with E-state index in [0.29, 0.717) is 5.52 Å². The number of carbonyl (C=O) groups excluding carboxylic acids is 1. The summed E-state index contributed by atoms with van der Waals surface area (Å²) in [6.45, 7) is 3.07. The summed E-state index contributed by atoms with van der Waals surface area (Å²) >= 11 is 0. The second kappa shape index (κ2) is 5.03. The Labute approximate surface area is 113 Å². The van der Waals surface area contributed by atoms with Gasteiger partial charge in [0.15, 0.2) is 0 Å². The van der Waals surface area contributed by atoms with Crippen molar-refractivity contribution >= 4 is 16.9 Å². The smallest absolute Gasteiger partial charge is 0.323 e. The highest BCUT2D eigenvalue weighted by atomic mass is 16.3. The number of aliphatic hydroxyl groups is 1. The van der Waals surface area contributed by atoms with Crippen molar-refractivity contribution in [2.75, 3.05) is 6.61 Å². The maximum absolute atomic E-state index is 12.1. The number of nitrogens with zero attached hydrogens (tertiary/aromatic N) is 1. The zero-order chi connectivity index (χ0) is 15.0. The van der Waals surface area contributed by atoms with Gasteiger partial charge in [-0.2, -0.15) is 0 Å². The average molecular weight is 277 g/mol. The number of hydrogen-bond donors (Lipinski definition) is 3. The molecule has 0 saturated carbocycles. The largest absolute Gasteiger partial charge is 0.394 e. The Balaban J connectivity index is 2.91. The molecule has 0 amide bonds. The number of aromatic amines is 1. The summed E-state index contributed by atoms with van der Waals surface area (Å²) in [7, 11) is 0. The summed E-state index contributed by atoms with van der Waals surface area (Å²) in [5.74, 6) is -0.808. The molecule has 0 bridgehead atoms. The fraction of sp³-hybridized carbons (Fsp3) is 0.308. The Morgan fingerprint density at radius 1 is 1.35 bits per heavy atom. The number of hydrogen-bond acceptors (Lipinski definition) is 5. The van der Waals surface area contributed by atoms with Gasteiger partial charge in [-0.15, -0.1) is 0 Å². The van der Waals surface area contributed by atoms with E-state index in [0.717, 1.165) is 15.7 Å². The fourth-order valence-corrected chi connectivity index (χ4v) is 1.94. The van der Waals surface area contributed by atoms with E-state index in [2.05, 4.69) is 4.98 Å². The van der Waals surface area contributed by atoms with Crippen LogP contribution >= 0.6 is 0 Å². The molecule has 0 fully saturated rings. The van der Waals surface area contributed by atoms with Crippen molar-refractivity contribution in [1.29, 1.82) is 0 Å². The van der Waals surface area contributed by atoms with Gasteiger partial charge >= 0.3 is 11.1 Å². The minimum atomic E-state index is -1.25. The minimum Gasteiger partial charge on any atom is -0.394 e. The maximum Gasteiger partial charge on any atom is 0.323 e. The molecule has 1 aromatic carbocycles. The molecule has 1 atom stereocenters. The second-order valence-corrected chi connectivity index (χ2v) is 4.68. The molecule has 20 heavy (non-hydrogen) atoms. The SMILES string of the molecule is Cc1cc2[nH]c(=O)c(=O)n(C(=O)[C@@H](N)CO)c2cc1C. The first-order valence-corrected chi connectivity index (χ1v) is 6.03. The van der Waals surface area contributed by atoms with Crippen molar-refractivity contribution in [2.24, 2.45) is 5.73 Å². The van der Waals surface area contributed by atoms with Crippen molar-refractivity contribution in [2.45, 2.75) is 19.9 Å². The van der Waals surface area contributed by atoms with E-state index in [-0.39, 0.29) is 5.52 Å². The first kappa shape index (κ1) is 14.2. The lowest BCUT2D eigenvalue weighted by Gasteiger charge is -2.13. The quantitative estimate of drug-likeness (QED) is 0.625. The molecule has 2 rings (SSSR count). The molecular formula is C13H15N3O4. The molecule has 0 aliphatic heterocycles. The monoisotopic (exact) mass is 277 g/mol. The van der Waals surface area contributed by atoms with E-state index < -0.39 is 29.7 Å². The summed E-state index contributed by atoms with van der Waals surface area (Å²) in [4.78, 5) is 38.0. The number of aryl methyl sites for hydroxylation is 2. The Hall–Kier alpha value is -2.25. The first-order valence-electron chi connectivity index (χ1n) is 6.03. The van der Waals surface area contributed by atoms with Gasteiger partial charge in [0.2, 0.25) is 0 Å². The molecule has 0 aliphatic rings. The molecule has 1 heterocycles. The molecule has 0 spiro atoms. The van der Waals surface area contributed by atoms with Crippen molar-refractivity contribution in [3.8, 4) is 0 Å². The summed E-state index contributed by atoms with van der Waals surface area (Å²) in [6.07, 6.45) is 0. The van der Waals surface area contributed by atoms with Crippen LogP contribution < -0.4 is 16.9 Å². The van der Waals surface area contributed by atoms with Gasteiger partial charge in [-0.1, -0.05) is 0 Å². The van der Waals surface area contributed by atoms with E-state index in [9.17, 15) is 14.4 Å². The van der Waals surface area contributed by atoms with Gasteiger partial charge in [-0.25, -0.2) is 4.57 Å². The number of aliphatic hydroxyl groups excluding tert-OH is 1. The number of H-pyrrole nitrogens is 1. The highest BCUT2D eigenvalue weighted by Crippen LogP contribution is 2.15. The number of rotatable bonds is 2. The molecule has 1 aromatic heterocycles. The number of nitrogens with one attached hydrogen (secondary N) is 1. The van der Waals surface area contributed by atoms with Crippen LogP contribution in [0, 0.1) is 13.8 Å². The number of carbonyl (C=O) groups is 1. The third kappa shape index (κ3) is 2.17. The highest BCUT2D eigenvalue weighted by Gasteiger charge is 2.20. The summed E-state index contributed by atoms with van der Waals surface area (Å²) < 4.78 is 0.724. The molecule has 0 radical (unpaired) electrons. The molecule has 4 N–H and O–H groups in total. The minimum absolute atomic E-state index is 0.270. The Morgan fingerprint density at radius 3 is 2.55 bits per heavy atom. The molecule has 106 valence electrons. The van der Waals surface area contributed by atoms with Gasteiger partial charge in [0, 0.05) is 0 Å². The van der Waals surface area contributed by atoms with Crippen LogP contribution in [0.25, 0.3) is 11.0 Å². The van der Waals surface area contributed by atoms with Crippen molar-refractivity contribution in [3.63, 3.8) is 0 Å². The average Bonchev–Trinajstić information content (AvgIpc) is 2.41. The molecule has 7 nitrogen and oxygen atoms in total. The fourth-order valence-electron chi connectivity index (χ4n) is 1.94. The van der Waals surface area contributed by atoms with Gasteiger partial charge in [0.05, 0.1) is 17.6 Å². The van der Waals surface area contributed by atoms with Crippen LogP contribution in [0.1, 0.15) is 15.9 Å². The molecule has 7 heteroatoms. The lowest BCUT2D eigenvalue weighted by Crippen LogP contribution is -2.47. The first-order chi connectivity index (χ1) is 9.36. The van der Waals surface area contributed by atoms with Crippen LogP contribution in [-0.2, 0) is 0 Å².